The van der Waals surface area contributed by atoms with Crippen LogP contribution in [0.1, 0.15) is 6.85 Å². The molecule has 168 valence electrons. The number of fused-ring (bicyclic) bond motifs is 6. The molecule has 0 aliphatic carbocycles. The molecule has 0 amide bonds. The van der Waals surface area contributed by atoms with E-state index in [9.17, 15) is 0 Å². The van der Waals surface area contributed by atoms with Gasteiger partial charge in [0, 0.05) is 33.1 Å². The minimum atomic E-state index is -0.394. The Morgan fingerprint density at radius 3 is 2.14 bits per heavy atom. The van der Waals surface area contributed by atoms with Crippen molar-refractivity contribution in [2.24, 2.45) is 0 Å². The van der Waals surface area contributed by atoms with Crippen LogP contribution < -0.4 is 26.2 Å². The Balaban J connectivity index is 1.53. The molecule has 0 saturated heterocycles. The zero-order chi connectivity index (χ0) is 28.0. The van der Waals surface area contributed by atoms with Crippen molar-refractivity contribution in [2.45, 2.75) is 0 Å². The summed E-state index contributed by atoms with van der Waals surface area (Å²) in [5.74, 6) is 0. The number of hydrogen-bond donors (Lipinski definition) is 0. The third kappa shape index (κ3) is 2.68. The maximum atomic E-state index is 8.92. The van der Waals surface area contributed by atoms with Gasteiger partial charge in [0.1, 0.15) is 0 Å². The molecule has 1 aromatic heterocycles. The third-order valence-corrected chi connectivity index (χ3v) is 8.32. The fourth-order valence-corrected chi connectivity index (χ4v) is 7.05. The van der Waals surface area contributed by atoms with E-state index < -0.39 is 6.04 Å². The van der Waals surface area contributed by atoms with Gasteiger partial charge in [0.2, 0.25) is 0 Å². The fraction of sp³-hybridized carbons (Fsp3) is 0. The van der Waals surface area contributed by atoms with Crippen LogP contribution in [0.25, 0.3) is 10.1 Å². The van der Waals surface area contributed by atoms with Crippen LogP contribution in [0.5, 0.6) is 0 Å². The molecule has 2 nitrogen and oxygen atoms in total. The molecule has 2 aliphatic heterocycles. The Labute approximate surface area is 221 Å². The Morgan fingerprint density at radius 2 is 1.28 bits per heavy atom. The highest BCUT2D eigenvalue weighted by molar-refractivity contribution is 7.26. The summed E-state index contributed by atoms with van der Waals surface area (Å²) in [5, 5.41) is 1.99. The molecule has 0 N–H and O–H groups in total. The first-order valence-corrected chi connectivity index (χ1v) is 12.7. The van der Waals surface area contributed by atoms with E-state index in [4.69, 9.17) is 6.85 Å². The Morgan fingerprint density at radius 1 is 0.583 bits per heavy atom. The summed E-state index contributed by atoms with van der Waals surface area (Å²) in [4.78, 5) is 4.18. The predicted octanol–water partition coefficient (Wildman–Crippen LogP) is 6.98. The van der Waals surface area contributed by atoms with E-state index in [-0.39, 0.29) is 36.6 Å². The highest BCUT2D eigenvalue weighted by Crippen LogP contribution is 2.47. The van der Waals surface area contributed by atoms with Gasteiger partial charge in [-0.1, -0.05) is 78.8 Å². The monoisotopic (exact) mass is 481 g/mol. The third-order valence-electron chi connectivity index (χ3n) is 7.15. The van der Waals surface area contributed by atoms with E-state index >= 15 is 0 Å². The zero-order valence-corrected chi connectivity index (χ0v) is 19.9. The van der Waals surface area contributed by atoms with Crippen molar-refractivity contribution in [3.05, 3.63) is 127 Å². The average Bonchev–Trinajstić information content (AvgIpc) is 3.40. The van der Waals surface area contributed by atoms with Crippen molar-refractivity contribution < 1.29 is 6.85 Å². The summed E-state index contributed by atoms with van der Waals surface area (Å²) in [6, 6.07) is 31.6. The minimum absolute atomic E-state index is 0.0930. The number of rotatable bonds is 2. The van der Waals surface area contributed by atoms with Gasteiger partial charge < -0.3 is 9.80 Å². The fourth-order valence-electron chi connectivity index (χ4n) is 5.79. The van der Waals surface area contributed by atoms with E-state index in [1.807, 2.05) is 47.4 Å². The normalized spacial score (nSPS) is 15.3. The lowest BCUT2D eigenvalue weighted by Gasteiger charge is -2.43. The molecule has 0 radical (unpaired) electrons. The Hall–Kier alpha value is -4.28. The second-order valence-corrected chi connectivity index (χ2v) is 10.0. The van der Waals surface area contributed by atoms with Gasteiger partial charge in [-0.2, -0.15) is 0 Å². The van der Waals surface area contributed by atoms with E-state index in [1.165, 1.54) is 5.46 Å². The lowest BCUT2D eigenvalue weighted by atomic mass is 9.33. The van der Waals surface area contributed by atoms with Crippen molar-refractivity contribution in [2.75, 3.05) is 9.80 Å². The number of nitrogens with zero attached hydrogens (tertiary/aromatic N) is 2. The number of thiophene rings is 1. The van der Waals surface area contributed by atoms with Crippen molar-refractivity contribution in [3.8, 4) is 0 Å². The largest absolute Gasteiger partial charge is 0.311 e. The van der Waals surface area contributed by atoms with Gasteiger partial charge in [-0.25, -0.2) is 0 Å². The van der Waals surface area contributed by atoms with Gasteiger partial charge in [0.15, 0.2) is 0 Å². The molecule has 5 aromatic carbocycles. The van der Waals surface area contributed by atoms with E-state index in [2.05, 4.69) is 59.5 Å². The predicted molar refractivity (Wildman–Crippen MR) is 156 cm³/mol. The highest BCUT2D eigenvalue weighted by Gasteiger charge is 2.44. The minimum Gasteiger partial charge on any atom is -0.311 e. The van der Waals surface area contributed by atoms with Crippen LogP contribution in [0.2, 0.25) is 0 Å². The standard InChI is InChI=1S/C32H21BN2S/c1-3-12-22(13-4-1)34-26-18-9-8-17-25(26)33-30-24-16-7-10-21-29(24)36-32(30)35(23-14-5-2-6-15-23)28-20-11-19-27(34)31(28)33/h1-21H/i2D,5D,6D,14D,15D. The van der Waals surface area contributed by atoms with Gasteiger partial charge >= 0.3 is 0 Å². The lowest BCUT2D eigenvalue weighted by Crippen LogP contribution is -2.61. The molecular weight excluding hydrogens is 455 g/mol. The first kappa shape index (κ1) is 15.7. The van der Waals surface area contributed by atoms with Crippen molar-refractivity contribution in [3.63, 3.8) is 0 Å². The molecule has 2 aliphatic rings. The second kappa shape index (κ2) is 7.61. The van der Waals surface area contributed by atoms with Crippen molar-refractivity contribution >= 4 is 78.0 Å². The average molecular weight is 481 g/mol. The summed E-state index contributed by atoms with van der Waals surface area (Å²) < 4.78 is 44.1. The second-order valence-electron chi connectivity index (χ2n) is 9.00. The van der Waals surface area contributed by atoms with Gasteiger partial charge in [0.05, 0.1) is 11.9 Å². The first-order valence-electron chi connectivity index (χ1n) is 14.4. The SMILES string of the molecule is [2H]c1c([2H])c([2H])c(N2c3cccc4c3B(c3ccccc3N4c3ccccc3)c3c2sc2ccccc32)c([2H])c1[2H]. The molecule has 4 heteroatoms. The van der Waals surface area contributed by atoms with Crippen LogP contribution in [0, 0.1) is 0 Å². The molecule has 8 rings (SSSR count). The van der Waals surface area contributed by atoms with Crippen LogP contribution in [0.3, 0.4) is 0 Å². The van der Waals surface area contributed by atoms with Gasteiger partial charge in [-0.05, 0) is 70.3 Å². The maximum absolute atomic E-state index is 8.92. The molecule has 3 heterocycles. The van der Waals surface area contributed by atoms with Crippen LogP contribution >= 0.6 is 11.3 Å². The number of anilines is 6. The van der Waals surface area contributed by atoms with Crippen LogP contribution in [-0.2, 0) is 0 Å². The topological polar surface area (TPSA) is 6.48 Å². The van der Waals surface area contributed by atoms with Gasteiger partial charge in [-0.3, -0.25) is 0 Å². The van der Waals surface area contributed by atoms with Crippen LogP contribution in [-0.4, -0.2) is 6.71 Å². The lowest BCUT2D eigenvalue weighted by molar-refractivity contribution is 1.27. The first-order chi connectivity index (χ1) is 20.0. The molecule has 0 saturated carbocycles. The maximum Gasteiger partial charge on any atom is 0.254 e. The number of hydrogen-bond acceptors (Lipinski definition) is 3. The highest BCUT2D eigenvalue weighted by atomic mass is 32.1. The molecule has 0 fully saturated rings. The summed E-state index contributed by atoms with van der Waals surface area (Å²) in [6.07, 6.45) is 0. The van der Waals surface area contributed by atoms with Gasteiger partial charge in [0.25, 0.3) is 6.71 Å². The van der Waals surface area contributed by atoms with Crippen LogP contribution in [0.15, 0.2) is 127 Å². The Bertz CT molecular complexity index is 2020. The van der Waals surface area contributed by atoms with Gasteiger partial charge in [-0.15, -0.1) is 11.3 Å². The van der Waals surface area contributed by atoms with Crippen LogP contribution in [0.4, 0.5) is 33.4 Å². The zero-order valence-electron chi connectivity index (χ0n) is 24.1. The molecule has 36 heavy (non-hydrogen) atoms. The quantitative estimate of drug-likeness (QED) is 0.246. The van der Waals surface area contributed by atoms with Crippen molar-refractivity contribution in [1.29, 1.82) is 0 Å². The summed E-state index contributed by atoms with van der Waals surface area (Å²) in [5.41, 5.74) is 7.45. The number of para-hydroxylation sites is 3. The summed E-state index contributed by atoms with van der Waals surface area (Å²) in [7, 11) is 0. The van der Waals surface area contributed by atoms with Crippen molar-refractivity contribution in [1.82, 2.24) is 0 Å². The summed E-state index contributed by atoms with van der Waals surface area (Å²) in [6.45, 7) is -0.0930. The molecular formula is C32H21BN2S. The van der Waals surface area contributed by atoms with E-state index in [0.29, 0.717) is 0 Å². The van der Waals surface area contributed by atoms with E-state index in [1.54, 1.807) is 11.3 Å². The molecule has 0 bridgehead atoms. The molecule has 0 unspecified atom stereocenters. The number of benzene rings is 5. The smallest absolute Gasteiger partial charge is 0.254 e. The molecule has 0 spiro atoms. The Kier molecular flexibility index (Phi) is 3.31. The van der Waals surface area contributed by atoms with E-state index in [0.717, 1.165) is 48.8 Å². The summed E-state index contributed by atoms with van der Waals surface area (Å²) >= 11 is 1.60. The molecule has 0 atom stereocenters. The molecule has 6 aromatic rings.